The van der Waals surface area contributed by atoms with Crippen LogP contribution in [-0.4, -0.2) is 49.2 Å². The number of halogens is 1. The Labute approximate surface area is 202 Å². The molecule has 2 aromatic carbocycles. The average Bonchev–Trinajstić information content (AvgIpc) is 2.85. The van der Waals surface area contributed by atoms with E-state index in [9.17, 15) is 17.6 Å². The van der Waals surface area contributed by atoms with Gasteiger partial charge in [-0.3, -0.25) is 9.69 Å². The first kappa shape index (κ1) is 24.8. The van der Waals surface area contributed by atoms with E-state index < -0.39 is 21.8 Å². The van der Waals surface area contributed by atoms with Crippen LogP contribution in [0.15, 0.2) is 53.4 Å². The fraction of sp³-hybridized carbons (Fsp3) is 0.500. The Hall–Kier alpha value is -2.29. The van der Waals surface area contributed by atoms with Gasteiger partial charge in [0.25, 0.3) is 0 Å². The van der Waals surface area contributed by atoms with Crippen LogP contribution in [0, 0.1) is 11.7 Å². The summed E-state index contributed by atoms with van der Waals surface area (Å²) in [5.74, 6) is -1.01. The summed E-state index contributed by atoms with van der Waals surface area (Å²) in [7, 11) is -3.76. The number of amides is 1. The number of rotatable bonds is 7. The van der Waals surface area contributed by atoms with Gasteiger partial charge in [-0.25, -0.2) is 12.8 Å². The van der Waals surface area contributed by atoms with Crippen molar-refractivity contribution >= 4 is 15.9 Å². The van der Waals surface area contributed by atoms with Crippen molar-refractivity contribution in [3.05, 3.63) is 65.5 Å². The molecule has 4 rings (SSSR count). The van der Waals surface area contributed by atoms with Gasteiger partial charge in [0.1, 0.15) is 5.82 Å². The predicted octanol–water partition coefficient (Wildman–Crippen LogP) is 3.92. The Morgan fingerprint density at radius 2 is 1.74 bits per heavy atom. The lowest BCUT2D eigenvalue weighted by Crippen LogP contribution is -2.45. The third-order valence-electron chi connectivity index (χ3n) is 7.09. The number of hydrogen-bond donors (Lipinski definition) is 1. The normalized spacial score (nSPS) is 22.4. The lowest BCUT2D eigenvalue weighted by molar-refractivity contribution is -0.126. The molecule has 8 heteroatoms. The number of sulfonamides is 1. The first-order chi connectivity index (χ1) is 16.3. The third-order valence-corrected chi connectivity index (χ3v) is 8.97. The zero-order valence-corrected chi connectivity index (χ0v) is 20.6. The molecule has 2 fully saturated rings. The van der Waals surface area contributed by atoms with E-state index in [-0.39, 0.29) is 17.3 Å². The molecule has 0 spiro atoms. The number of likely N-dealkylation sites (tertiary alicyclic amines) is 1. The minimum Gasteiger partial charge on any atom is -0.352 e. The van der Waals surface area contributed by atoms with Gasteiger partial charge < -0.3 is 5.32 Å². The van der Waals surface area contributed by atoms with Gasteiger partial charge in [0, 0.05) is 32.2 Å². The molecule has 184 valence electrons. The highest BCUT2D eigenvalue weighted by molar-refractivity contribution is 7.89. The Morgan fingerprint density at radius 3 is 2.47 bits per heavy atom. The van der Waals surface area contributed by atoms with Crippen LogP contribution < -0.4 is 5.32 Å². The van der Waals surface area contributed by atoms with Crippen molar-refractivity contribution in [2.24, 2.45) is 5.92 Å². The second-order valence-electron chi connectivity index (χ2n) is 9.46. The Balaban J connectivity index is 1.37. The topological polar surface area (TPSA) is 69.7 Å². The fourth-order valence-electron chi connectivity index (χ4n) is 4.95. The van der Waals surface area contributed by atoms with Crippen molar-refractivity contribution in [1.82, 2.24) is 14.5 Å². The number of piperidine rings is 2. The predicted molar refractivity (Wildman–Crippen MR) is 130 cm³/mol. The molecule has 0 radical (unpaired) electrons. The summed E-state index contributed by atoms with van der Waals surface area (Å²) in [5.41, 5.74) is 2.32. The molecule has 0 aliphatic carbocycles. The van der Waals surface area contributed by atoms with E-state index in [1.165, 1.54) is 41.3 Å². The number of carbonyl (C=O) groups excluding carboxylic acids is 1. The smallest absolute Gasteiger partial charge is 0.243 e. The highest BCUT2D eigenvalue weighted by atomic mass is 32.2. The van der Waals surface area contributed by atoms with E-state index in [2.05, 4.69) is 29.3 Å². The minimum atomic E-state index is -3.76. The van der Waals surface area contributed by atoms with E-state index in [0.29, 0.717) is 32.0 Å². The Kier molecular flexibility index (Phi) is 8.01. The summed E-state index contributed by atoms with van der Waals surface area (Å²) >= 11 is 0. The van der Waals surface area contributed by atoms with Crippen molar-refractivity contribution in [3.63, 3.8) is 0 Å². The van der Waals surface area contributed by atoms with Gasteiger partial charge in [-0.1, -0.05) is 30.7 Å². The molecule has 34 heavy (non-hydrogen) atoms. The second kappa shape index (κ2) is 11.0. The molecule has 2 atom stereocenters. The van der Waals surface area contributed by atoms with Crippen molar-refractivity contribution in [2.45, 2.75) is 63.1 Å². The minimum absolute atomic E-state index is 0.0517. The van der Waals surface area contributed by atoms with Gasteiger partial charge in [0.05, 0.1) is 10.8 Å². The standard InChI is InChI=1S/C26H34FN3O3S/c1-20-7-4-5-15-29(20)18-22-9-3-2-8-21(22)17-28-26(31)23-10-6-16-30(19-23)34(32,33)25-13-11-24(27)12-14-25/h2-3,8-9,11-14,20,23H,4-7,10,15-19H2,1H3,(H,28,31). The molecule has 2 saturated heterocycles. The van der Waals surface area contributed by atoms with Crippen molar-refractivity contribution in [2.75, 3.05) is 19.6 Å². The summed E-state index contributed by atoms with van der Waals surface area (Å²) in [6, 6.07) is 13.6. The summed E-state index contributed by atoms with van der Waals surface area (Å²) in [6.07, 6.45) is 4.99. The van der Waals surface area contributed by atoms with Crippen molar-refractivity contribution < 1.29 is 17.6 Å². The van der Waals surface area contributed by atoms with Crippen LogP contribution in [0.3, 0.4) is 0 Å². The van der Waals surface area contributed by atoms with Crippen LogP contribution >= 0.6 is 0 Å². The molecule has 2 aromatic rings. The molecular formula is C26H34FN3O3S. The van der Waals surface area contributed by atoms with E-state index in [1.807, 2.05) is 12.1 Å². The van der Waals surface area contributed by atoms with E-state index in [1.54, 1.807) is 0 Å². The molecule has 0 bridgehead atoms. The first-order valence-corrected chi connectivity index (χ1v) is 13.6. The van der Waals surface area contributed by atoms with E-state index >= 15 is 0 Å². The number of carbonyl (C=O) groups is 1. The van der Waals surface area contributed by atoms with Crippen molar-refractivity contribution in [1.29, 1.82) is 0 Å². The van der Waals surface area contributed by atoms with Crippen LogP contribution in [0.4, 0.5) is 4.39 Å². The molecule has 2 unspecified atom stereocenters. The largest absolute Gasteiger partial charge is 0.352 e. The Bertz CT molecular complexity index is 1090. The monoisotopic (exact) mass is 487 g/mol. The zero-order chi connectivity index (χ0) is 24.1. The average molecular weight is 488 g/mol. The molecule has 0 aromatic heterocycles. The quantitative estimate of drug-likeness (QED) is 0.643. The van der Waals surface area contributed by atoms with Gasteiger partial charge >= 0.3 is 0 Å². The molecule has 6 nitrogen and oxygen atoms in total. The van der Waals surface area contributed by atoms with Crippen molar-refractivity contribution in [3.8, 4) is 0 Å². The number of nitrogens with zero attached hydrogens (tertiary/aromatic N) is 2. The van der Waals surface area contributed by atoms with E-state index in [4.69, 9.17) is 0 Å². The maximum Gasteiger partial charge on any atom is 0.243 e. The lowest BCUT2D eigenvalue weighted by atomic mass is 9.98. The maximum absolute atomic E-state index is 13.2. The fourth-order valence-corrected chi connectivity index (χ4v) is 6.48. The zero-order valence-electron chi connectivity index (χ0n) is 19.7. The number of hydrogen-bond acceptors (Lipinski definition) is 4. The summed E-state index contributed by atoms with van der Waals surface area (Å²) in [6.45, 7) is 5.18. The van der Waals surface area contributed by atoms with Crippen LogP contribution in [0.25, 0.3) is 0 Å². The number of nitrogens with one attached hydrogen (secondary N) is 1. The second-order valence-corrected chi connectivity index (χ2v) is 11.4. The summed E-state index contributed by atoms with van der Waals surface area (Å²) < 4.78 is 40.5. The SMILES string of the molecule is CC1CCCCN1Cc1ccccc1CNC(=O)C1CCCN(S(=O)(=O)c2ccc(F)cc2)C1. The lowest BCUT2D eigenvalue weighted by Gasteiger charge is -2.34. The highest BCUT2D eigenvalue weighted by Gasteiger charge is 2.33. The van der Waals surface area contributed by atoms with E-state index in [0.717, 1.165) is 30.8 Å². The van der Waals surface area contributed by atoms with Crippen LogP contribution in [0.1, 0.15) is 50.2 Å². The molecule has 2 aliphatic heterocycles. The first-order valence-electron chi connectivity index (χ1n) is 12.2. The van der Waals surface area contributed by atoms with Gasteiger partial charge in [-0.05, 0) is 74.5 Å². The molecule has 0 saturated carbocycles. The third kappa shape index (κ3) is 5.85. The summed E-state index contributed by atoms with van der Waals surface area (Å²) in [4.78, 5) is 15.5. The highest BCUT2D eigenvalue weighted by Crippen LogP contribution is 2.25. The Morgan fingerprint density at radius 1 is 1.00 bits per heavy atom. The molecular weight excluding hydrogens is 453 g/mol. The maximum atomic E-state index is 13.2. The van der Waals surface area contributed by atoms with Crippen LogP contribution in [0.5, 0.6) is 0 Å². The molecule has 1 N–H and O–H groups in total. The molecule has 1 amide bonds. The number of benzene rings is 2. The van der Waals surface area contributed by atoms with Gasteiger partial charge in [-0.15, -0.1) is 0 Å². The van der Waals surface area contributed by atoms with Crippen LogP contribution in [-0.2, 0) is 27.9 Å². The molecule has 2 heterocycles. The van der Waals surface area contributed by atoms with Gasteiger partial charge in [0.15, 0.2) is 0 Å². The summed E-state index contributed by atoms with van der Waals surface area (Å²) in [5, 5.41) is 3.05. The van der Waals surface area contributed by atoms with Gasteiger partial charge in [0.2, 0.25) is 15.9 Å². The molecule has 2 aliphatic rings. The van der Waals surface area contributed by atoms with Gasteiger partial charge in [-0.2, -0.15) is 4.31 Å². The van der Waals surface area contributed by atoms with Crippen LogP contribution in [0.2, 0.25) is 0 Å².